The first-order valence-corrected chi connectivity index (χ1v) is 12.5. The predicted octanol–water partition coefficient (Wildman–Crippen LogP) is 5.30. The number of amides is 1. The Labute approximate surface area is 205 Å². The molecule has 1 N–H and O–H groups in total. The quantitative estimate of drug-likeness (QED) is 0.225. The smallest absolute Gasteiger partial charge is 0.251 e. The van der Waals surface area contributed by atoms with E-state index in [1.54, 1.807) is 25.1 Å². The van der Waals surface area contributed by atoms with Crippen LogP contribution in [0.4, 0.5) is 0 Å². The molecule has 0 saturated heterocycles. The lowest BCUT2D eigenvalue weighted by atomic mass is 10.1. The van der Waals surface area contributed by atoms with Gasteiger partial charge in [-0.3, -0.25) is 9.78 Å². The highest BCUT2D eigenvalue weighted by Gasteiger charge is 2.13. The van der Waals surface area contributed by atoms with Crippen molar-refractivity contribution in [3.63, 3.8) is 0 Å². The molecule has 170 valence electrons. The fraction of sp³-hybridized carbons (Fsp3) is 0.240. The van der Waals surface area contributed by atoms with Crippen LogP contribution < -0.4 is 5.32 Å². The van der Waals surface area contributed by atoms with Crippen molar-refractivity contribution < 1.29 is 9.53 Å². The second kappa shape index (κ2) is 11.4. The van der Waals surface area contributed by atoms with Crippen LogP contribution in [-0.2, 0) is 17.0 Å². The van der Waals surface area contributed by atoms with Crippen molar-refractivity contribution in [1.82, 2.24) is 19.9 Å². The van der Waals surface area contributed by atoms with Crippen LogP contribution in [0.2, 0.25) is 0 Å². The topological polar surface area (TPSA) is 69.0 Å². The monoisotopic (exact) mass is 524 g/mol. The predicted molar refractivity (Wildman–Crippen MR) is 136 cm³/mol. The first kappa shape index (κ1) is 23.5. The van der Waals surface area contributed by atoms with Gasteiger partial charge in [-0.05, 0) is 47.9 Å². The fourth-order valence-corrected chi connectivity index (χ4v) is 4.64. The molecular weight excluding hydrogens is 500 g/mol. The molecule has 0 fully saturated rings. The molecule has 6 nitrogen and oxygen atoms in total. The Morgan fingerprint density at radius 1 is 1.09 bits per heavy atom. The number of benzene rings is 2. The fourth-order valence-electron chi connectivity index (χ4n) is 3.40. The van der Waals surface area contributed by atoms with Crippen molar-refractivity contribution in [1.29, 1.82) is 0 Å². The maximum atomic E-state index is 12.3. The van der Waals surface area contributed by atoms with Crippen LogP contribution >= 0.6 is 27.7 Å². The van der Waals surface area contributed by atoms with E-state index in [0.29, 0.717) is 25.3 Å². The molecule has 4 aromatic rings. The molecular formula is C25H25BrN4O2S. The Balaban J connectivity index is 1.48. The van der Waals surface area contributed by atoms with Gasteiger partial charge in [0, 0.05) is 42.2 Å². The van der Waals surface area contributed by atoms with Crippen molar-refractivity contribution in [2.24, 2.45) is 0 Å². The second-order valence-electron chi connectivity index (χ2n) is 7.56. The molecule has 8 heteroatoms. The number of hydrogen-bond donors (Lipinski definition) is 1. The minimum absolute atomic E-state index is 0.0688. The number of carbonyl (C=O) groups is 1. The third kappa shape index (κ3) is 6.22. The van der Waals surface area contributed by atoms with E-state index in [9.17, 15) is 4.79 Å². The van der Waals surface area contributed by atoms with E-state index in [2.05, 4.69) is 55.1 Å². The van der Waals surface area contributed by atoms with Crippen LogP contribution in [0.1, 0.15) is 27.9 Å². The van der Waals surface area contributed by atoms with E-state index in [0.717, 1.165) is 38.4 Å². The molecule has 0 aliphatic rings. The molecule has 2 heterocycles. The van der Waals surface area contributed by atoms with Gasteiger partial charge in [-0.2, -0.15) is 0 Å². The average molecular weight is 525 g/mol. The lowest BCUT2D eigenvalue weighted by molar-refractivity contribution is 0.0948. The molecule has 0 aliphatic heterocycles. The van der Waals surface area contributed by atoms with E-state index < -0.39 is 0 Å². The zero-order valence-electron chi connectivity index (χ0n) is 18.3. The number of imidazole rings is 1. The highest BCUT2D eigenvalue weighted by Crippen LogP contribution is 2.28. The van der Waals surface area contributed by atoms with Crippen molar-refractivity contribution in [3.8, 4) is 0 Å². The molecule has 33 heavy (non-hydrogen) atoms. The molecule has 0 spiro atoms. The maximum absolute atomic E-state index is 12.3. The Morgan fingerprint density at radius 3 is 2.61 bits per heavy atom. The molecule has 0 unspecified atom stereocenters. The summed E-state index contributed by atoms with van der Waals surface area (Å²) in [7, 11) is 1.66. The zero-order chi connectivity index (χ0) is 23.0. The van der Waals surface area contributed by atoms with Crippen LogP contribution in [0, 0.1) is 0 Å². The van der Waals surface area contributed by atoms with Gasteiger partial charge in [0.15, 0.2) is 5.16 Å². The second-order valence-corrected chi connectivity index (χ2v) is 9.42. The van der Waals surface area contributed by atoms with E-state index in [1.807, 2.05) is 36.5 Å². The third-order valence-electron chi connectivity index (χ3n) is 5.16. The van der Waals surface area contributed by atoms with Gasteiger partial charge in [0.25, 0.3) is 5.91 Å². The zero-order valence-corrected chi connectivity index (χ0v) is 20.7. The Hall–Kier alpha value is -2.68. The molecule has 2 aromatic heterocycles. The van der Waals surface area contributed by atoms with Gasteiger partial charge < -0.3 is 14.6 Å². The number of aromatic nitrogens is 3. The molecule has 0 bridgehead atoms. The number of ether oxygens (including phenoxy) is 1. The molecule has 0 atom stereocenters. The van der Waals surface area contributed by atoms with Gasteiger partial charge in [-0.1, -0.05) is 52.0 Å². The van der Waals surface area contributed by atoms with Gasteiger partial charge >= 0.3 is 0 Å². The molecule has 2 aromatic carbocycles. The molecule has 0 aliphatic carbocycles. The minimum Gasteiger partial charge on any atom is -0.385 e. The SMILES string of the molecule is COCCCNC(=O)c1ccc(Cn2c(SCc3ccc(Br)cc3)nc3ccncc32)cc1. The summed E-state index contributed by atoms with van der Waals surface area (Å²) in [6.07, 6.45) is 4.42. The van der Waals surface area contributed by atoms with Crippen LogP contribution in [-0.4, -0.2) is 40.7 Å². The first-order chi connectivity index (χ1) is 16.1. The summed E-state index contributed by atoms with van der Waals surface area (Å²) in [4.78, 5) is 21.5. The summed E-state index contributed by atoms with van der Waals surface area (Å²) in [5.74, 6) is 0.757. The summed E-state index contributed by atoms with van der Waals surface area (Å²) in [6.45, 7) is 1.89. The molecule has 0 radical (unpaired) electrons. The highest BCUT2D eigenvalue weighted by molar-refractivity contribution is 9.10. The summed E-state index contributed by atoms with van der Waals surface area (Å²) in [6, 6.07) is 18.0. The Morgan fingerprint density at radius 2 is 1.85 bits per heavy atom. The Bertz CT molecular complexity index is 1210. The van der Waals surface area contributed by atoms with Crippen LogP contribution in [0.3, 0.4) is 0 Å². The number of rotatable bonds is 10. The molecule has 0 saturated carbocycles. The van der Waals surface area contributed by atoms with Crippen molar-refractivity contribution in [3.05, 3.63) is 88.2 Å². The Kier molecular flexibility index (Phi) is 8.15. The highest BCUT2D eigenvalue weighted by atomic mass is 79.9. The van der Waals surface area contributed by atoms with Crippen LogP contribution in [0.25, 0.3) is 11.0 Å². The van der Waals surface area contributed by atoms with Gasteiger partial charge in [0.2, 0.25) is 0 Å². The van der Waals surface area contributed by atoms with E-state index in [1.165, 1.54) is 5.56 Å². The summed E-state index contributed by atoms with van der Waals surface area (Å²) in [5, 5.41) is 3.86. The summed E-state index contributed by atoms with van der Waals surface area (Å²) < 4.78 is 8.27. The van der Waals surface area contributed by atoms with Crippen molar-refractivity contribution in [2.75, 3.05) is 20.3 Å². The lowest BCUT2D eigenvalue weighted by Gasteiger charge is -2.10. The summed E-state index contributed by atoms with van der Waals surface area (Å²) >= 11 is 5.19. The van der Waals surface area contributed by atoms with Gasteiger partial charge in [-0.25, -0.2) is 4.98 Å². The number of hydrogen-bond acceptors (Lipinski definition) is 5. The molecule has 4 rings (SSSR count). The number of thioether (sulfide) groups is 1. The minimum atomic E-state index is -0.0688. The van der Waals surface area contributed by atoms with Gasteiger partial charge in [0.05, 0.1) is 23.8 Å². The van der Waals surface area contributed by atoms with Gasteiger partial charge in [0.1, 0.15) is 0 Å². The lowest BCUT2D eigenvalue weighted by Crippen LogP contribution is -2.25. The third-order valence-corrected chi connectivity index (χ3v) is 6.74. The van der Waals surface area contributed by atoms with Gasteiger partial charge in [-0.15, -0.1) is 0 Å². The van der Waals surface area contributed by atoms with Crippen molar-refractivity contribution in [2.45, 2.75) is 23.9 Å². The number of halogens is 1. The number of pyridine rings is 1. The van der Waals surface area contributed by atoms with E-state index in [4.69, 9.17) is 9.72 Å². The van der Waals surface area contributed by atoms with Crippen molar-refractivity contribution >= 4 is 44.6 Å². The number of methoxy groups -OCH3 is 1. The number of nitrogens with zero attached hydrogens (tertiary/aromatic N) is 3. The van der Waals surface area contributed by atoms with E-state index >= 15 is 0 Å². The summed E-state index contributed by atoms with van der Waals surface area (Å²) in [5.41, 5.74) is 4.91. The van der Waals surface area contributed by atoms with Crippen LogP contribution in [0.15, 0.2) is 76.6 Å². The molecule has 1 amide bonds. The number of fused-ring (bicyclic) bond motifs is 1. The number of nitrogens with one attached hydrogen (secondary N) is 1. The van der Waals surface area contributed by atoms with E-state index in [-0.39, 0.29) is 5.91 Å². The normalized spacial score (nSPS) is 11.1. The van der Waals surface area contributed by atoms with Crippen LogP contribution in [0.5, 0.6) is 0 Å². The largest absolute Gasteiger partial charge is 0.385 e. The average Bonchev–Trinajstić information content (AvgIpc) is 3.19. The standard InChI is InChI=1S/C25H25BrN4O2S/c1-32-14-2-12-28-24(31)20-7-3-18(4-8-20)16-30-23-15-27-13-11-22(23)29-25(30)33-17-19-5-9-21(26)10-6-19/h3-11,13,15H,2,12,14,16-17H2,1H3,(H,28,31). The maximum Gasteiger partial charge on any atom is 0.251 e. The first-order valence-electron chi connectivity index (χ1n) is 10.7. The number of carbonyl (C=O) groups excluding carboxylic acids is 1.